The predicted molar refractivity (Wildman–Crippen MR) is 237 cm³/mol. The van der Waals surface area contributed by atoms with Crippen LogP contribution < -0.4 is 4.90 Å². The van der Waals surface area contributed by atoms with Gasteiger partial charge in [-0.05, 0) is 109 Å². The molecular formula is C53H39NS. The Labute approximate surface area is 354 Å². The van der Waals surface area contributed by atoms with Gasteiger partial charge in [0.25, 0.3) is 0 Å². The van der Waals surface area contributed by atoms with Gasteiger partial charge in [0.1, 0.15) is 0 Å². The van der Waals surface area contributed by atoms with Crippen LogP contribution in [0, 0.1) is 5.92 Å². The van der Waals surface area contributed by atoms with E-state index in [1.807, 2.05) is 78.9 Å². The first-order valence-electron chi connectivity index (χ1n) is 27.7. The number of anilines is 3. The summed E-state index contributed by atoms with van der Waals surface area (Å²) in [4.78, 5) is 1.12. The SMILES string of the molecule is [2H]C1=C([2H])C2c3c([2H])c([2H])c(N(c4cccc(-c5ccc6ccccc6c5-c5cccc6ccccc56)c4)c4c([2H])c([2H])c([2H])c5sc6c([2H])c([2H])c([2H])c([2H])c6c45)c([2H])c3C(C([2H])([2H])[2H])(C([2H])([2H])[2H])C2C([2H])=C1[2H]. The van der Waals surface area contributed by atoms with Crippen LogP contribution in [0.5, 0.6) is 0 Å². The van der Waals surface area contributed by atoms with Gasteiger partial charge in [0.15, 0.2) is 0 Å². The molecule has 1 heterocycles. The molecule has 0 radical (unpaired) electrons. The molecule has 0 amide bonds. The van der Waals surface area contributed by atoms with Gasteiger partial charge in [-0.25, -0.2) is 0 Å². The lowest BCUT2D eigenvalue weighted by molar-refractivity contribution is 0.394. The molecule has 55 heavy (non-hydrogen) atoms. The molecule has 8 aromatic carbocycles. The summed E-state index contributed by atoms with van der Waals surface area (Å²) in [5, 5.41) is 3.32. The van der Waals surface area contributed by atoms with E-state index in [-0.39, 0.29) is 25.9 Å². The fourth-order valence-electron chi connectivity index (χ4n) is 8.15. The summed E-state index contributed by atoms with van der Waals surface area (Å²) in [5.74, 6) is -3.97. The fraction of sp³-hybridized carbons (Fsp3) is 0.0943. The Bertz CT molecular complexity index is 4060. The van der Waals surface area contributed by atoms with Crippen LogP contribution in [0.4, 0.5) is 17.1 Å². The lowest BCUT2D eigenvalue weighted by Crippen LogP contribution is -2.24. The van der Waals surface area contributed by atoms with Crippen molar-refractivity contribution in [3.05, 3.63) is 199 Å². The minimum atomic E-state index is -3.69. The van der Waals surface area contributed by atoms with Crippen LogP contribution in [0.1, 0.15) is 58.2 Å². The molecule has 0 aliphatic heterocycles. The number of allylic oxidation sites excluding steroid dienone is 4. The lowest BCUT2D eigenvalue weighted by atomic mass is 9.74. The standard InChI is InChI=1S/C53H39NS/c1-53(2)46-24-9-7-21-42(46)43-31-29-38(33-47(43)53)54(48-25-13-27-50-52(48)45-22-8-10-26-49(45)55-50)37-18-11-17-36(32-37)41-30-28-35-15-4-6-20-40(35)51(41)44-23-12-16-34-14-3-5-19-39(34)44/h3-33,42,46H,1-2H3/i1D3,2D3,7D,8D,9D,10D,13D,21D,22D,24D,25D,26D,27D,29D,31D,33D. The third kappa shape index (κ3) is 4.98. The van der Waals surface area contributed by atoms with Crippen molar-refractivity contribution >= 4 is 70.1 Å². The molecule has 2 aliphatic rings. The maximum absolute atomic E-state index is 10.3. The van der Waals surface area contributed by atoms with Crippen molar-refractivity contribution in [2.45, 2.75) is 25.0 Å². The van der Waals surface area contributed by atoms with Gasteiger partial charge in [-0.15, -0.1) is 11.3 Å². The molecule has 0 bridgehead atoms. The van der Waals surface area contributed by atoms with Crippen molar-refractivity contribution in [2.75, 3.05) is 4.90 Å². The third-order valence-electron chi connectivity index (χ3n) is 10.6. The largest absolute Gasteiger partial charge is 0.310 e. The minimum Gasteiger partial charge on any atom is -0.310 e. The van der Waals surface area contributed by atoms with E-state index in [2.05, 4.69) is 0 Å². The van der Waals surface area contributed by atoms with Gasteiger partial charge in [0, 0.05) is 45.7 Å². The van der Waals surface area contributed by atoms with Gasteiger partial charge >= 0.3 is 0 Å². The summed E-state index contributed by atoms with van der Waals surface area (Å²) >= 11 is 0.756. The number of hydrogen-bond donors (Lipinski definition) is 0. The zero-order valence-corrected chi connectivity index (χ0v) is 29.6. The minimum absolute atomic E-state index is 0.00850. The summed E-state index contributed by atoms with van der Waals surface area (Å²) in [5.41, 5.74) is -3.03. The van der Waals surface area contributed by atoms with E-state index in [1.54, 1.807) is 18.2 Å². The first-order valence-corrected chi connectivity index (χ1v) is 18.5. The Kier molecular flexibility index (Phi) is 4.05. The summed E-state index contributed by atoms with van der Waals surface area (Å²) < 4.78 is 184. The Hall–Kier alpha value is -6.22. The zero-order valence-electron chi connectivity index (χ0n) is 48.8. The van der Waals surface area contributed by atoms with E-state index in [0.29, 0.717) is 11.1 Å². The average molecular weight is 742 g/mol. The Balaban J connectivity index is 1.32. The molecule has 0 N–H and O–H groups in total. The molecule has 2 heteroatoms. The maximum atomic E-state index is 10.3. The highest BCUT2D eigenvalue weighted by molar-refractivity contribution is 7.26. The molecule has 0 saturated heterocycles. The van der Waals surface area contributed by atoms with E-state index >= 15 is 0 Å². The van der Waals surface area contributed by atoms with E-state index in [0.717, 1.165) is 48.9 Å². The van der Waals surface area contributed by atoms with Crippen molar-refractivity contribution < 1.29 is 27.4 Å². The Morgan fingerprint density at radius 1 is 0.636 bits per heavy atom. The lowest BCUT2D eigenvalue weighted by Gasteiger charge is -2.31. The van der Waals surface area contributed by atoms with E-state index in [9.17, 15) is 8.22 Å². The molecule has 262 valence electrons. The Morgan fingerprint density at radius 3 is 2.33 bits per heavy atom. The van der Waals surface area contributed by atoms with E-state index in [1.165, 1.54) is 6.07 Å². The highest BCUT2D eigenvalue weighted by Gasteiger charge is 2.44. The van der Waals surface area contributed by atoms with Crippen molar-refractivity contribution in [1.29, 1.82) is 0 Å². The number of hydrogen-bond acceptors (Lipinski definition) is 2. The van der Waals surface area contributed by atoms with Gasteiger partial charge in [-0.3, -0.25) is 0 Å². The van der Waals surface area contributed by atoms with Crippen molar-refractivity contribution in [1.82, 2.24) is 0 Å². The topological polar surface area (TPSA) is 3.24 Å². The third-order valence-corrected chi connectivity index (χ3v) is 11.7. The predicted octanol–water partition coefficient (Wildman–Crippen LogP) is 15.3. The Morgan fingerprint density at radius 2 is 1.42 bits per heavy atom. The quantitative estimate of drug-likeness (QED) is 0.170. The zero-order chi connectivity index (χ0) is 53.9. The van der Waals surface area contributed by atoms with Crippen molar-refractivity contribution in [3.8, 4) is 22.3 Å². The molecule has 9 aromatic rings. The van der Waals surface area contributed by atoms with E-state index < -0.39 is 138 Å². The molecule has 1 aromatic heterocycles. The molecule has 2 aliphatic carbocycles. The normalized spacial score (nSPS) is 23.3. The number of rotatable bonds is 5. The first kappa shape index (κ1) is 17.9. The molecule has 0 saturated carbocycles. The summed E-state index contributed by atoms with van der Waals surface area (Å²) in [6.07, 6.45) is 0. The average Bonchev–Trinajstić information content (AvgIpc) is 4.10. The second-order valence-electron chi connectivity index (χ2n) is 13.7. The number of thiophene rings is 1. The second-order valence-corrected chi connectivity index (χ2v) is 14.7. The molecule has 2 unspecified atom stereocenters. The smallest absolute Gasteiger partial charge is 0.0648 e. The highest BCUT2D eigenvalue weighted by atomic mass is 32.1. The fourth-order valence-corrected chi connectivity index (χ4v) is 9.11. The molecule has 11 rings (SSSR count). The van der Waals surface area contributed by atoms with Gasteiger partial charge < -0.3 is 4.90 Å². The number of benzene rings is 8. The number of nitrogens with zero attached hydrogens (tertiary/aromatic N) is 1. The molecule has 0 fully saturated rings. The van der Waals surface area contributed by atoms with Gasteiger partial charge in [-0.1, -0.05) is 159 Å². The monoisotopic (exact) mass is 741 g/mol. The van der Waals surface area contributed by atoms with E-state index in [4.69, 9.17) is 19.2 Å². The molecule has 1 nitrogen and oxygen atoms in total. The molecule has 0 spiro atoms. The molecule has 2 atom stereocenters. The summed E-state index contributed by atoms with van der Waals surface area (Å²) in [7, 11) is 0. The van der Waals surface area contributed by atoms with Crippen LogP contribution in [0.15, 0.2) is 188 Å². The second kappa shape index (κ2) is 12.4. The first-order chi connectivity index (χ1) is 35.4. The van der Waals surface area contributed by atoms with Crippen molar-refractivity contribution in [2.24, 2.45) is 5.92 Å². The summed E-state index contributed by atoms with van der Waals surface area (Å²) in [6, 6.07) is 21.5. The van der Waals surface area contributed by atoms with Crippen LogP contribution in [0.3, 0.4) is 0 Å². The van der Waals surface area contributed by atoms with Crippen LogP contribution in [-0.2, 0) is 5.41 Å². The van der Waals surface area contributed by atoms with Gasteiger partial charge in [0.05, 0.1) is 24.9 Å². The molecular weight excluding hydrogens is 683 g/mol. The number of fused-ring (bicyclic) bond motifs is 8. The van der Waals surface area contributed by atoms with Crippen molar-refractivity contribution in [3.63, 3.8) is 0 Å². The maximum Gasteiger partial charge on any atom is 0.0648 e. The van der Waals surface area contributed by atoms with Gasteiger partial charge in [0.2, 0.25) is 0 Å². The highest BCUT2D eigenvalue weighted by Crippen LogP contribution is 2.55. The van der Waals surface area contributed by atoms with Crippen LogP contribution in [0.25, 0.3) is 64.0 Å². The van der Waals surface area contributed by atoms with Crippen LogP contribution in [-0.4, -0.2) is 0 Å². The van der Waals surface area contributed by atoms with Crippen LogP contribution in [0.2, 0.25) is 0 Å². The van der Waals surface area contributed by atoms with Gasteiger partial charge in [-0.2, -0.15) is 0 Å². The van der Waals surface area contributed by atoms with Crippen LogP contribution >= 0.6 is 11.3 Å². The summed E-state index contributed by atoms with van der Waals surface area (Å²) in [6.45, 7) is -7.38.